The number of benzene rings is 1. The maximum absolute atomic E-state index is 10.0. The Kier molecular flexibility index (Phi) is 8.03. The summed E-state index contributed by atoms with van der Waals surface area (Å²) in [4.78, 5) is 9.59. The normalized spacial score (nSPS) is 7.27. The van der Waals surface area contributed by atoms with Gasteiger partial charge in [-0.3, -0.25) is 10.1 Å². The van der Waals surface area contributed by atoms with Crippen molar-refractivity contribution in [3.63, 3.8) is 0 Å². The third-order valence-corrected chi connectivity index (χ3v) is 0.967. The Morgan fingerprint density at radius 2 is 1.73 bits per heavy atom. The second-order valence-corrected chi connectivity index (χ2v) is 1.59. The van der Waals surface area contributed by atoms with Gasteiger partial charge in [0.25, 0.3) is 5.69 Å². The standard InChI is InChI=1S/C6H5NO2.BrH.Mg.2H/c8-7(9)6-4-2-1-3-5-6;;;;/h1-5H;1H;;;/q;;+2;2*-1. The number of non-ortho nitro benzene ring substituents is 1. The molecule has 0 bridgehead atoms. The second-order valence-electron chi connectivity index (χ2n) is 1.59. The van der Waals surface area contributed by atoms with Crippen LogP contribution in [0.25, 0.3) is 0 Å². The van der Waals surface area contributed by atoms with Crippen molar-refractivity contribution in [1.82, 2.24) is 0 Å². The van der Waals surface area contributed by atoms with Crippen LogP contribution in [0.1, 0.15) is 2.85 Å². The van der Waals surface area contributed by atoms with E-state index in [2.05, 4.69) is 0 Å². The van der Waals surface area contributed by atoms with E-state index in [0.29, 0.717) is 0 Å². The Hall–Kier alpha value is -0.134. The number of rotatable bonds is 1. The van der Waals surface area contributed by atoms with E-state index in [-0.39, 0.29) is 48.6 Å². The number of hydrogen-bond acceptors (Lipinski definition) is 2. The van der Waals surface area contributed by atoms with Crippen LogP contribution in [0.3, 0.4) is 0 Å². The molecule has 58 valence electrons. The van der Waals surface area contributed by atoms with E-state index in [1.807, 2.05) is 0 Å². The van der Waals surface area contributed by atoms with Crippen molar-refractivity contribution < 1.29 is 7.78 Å². The predicted octanol–water partition coefficient (Wildman–Crippen LogP) is 2.02. The quantitative estimate of drug-likeness (QED) is 0.421. The fourth-order valence-corrected chi connectivity index (χ4v) is 0.550. The fourth-order valence-electron chi connectivity index (χ4n) is 0.550. The minimum atomic E-state index is -0.417. The summed E-state index contributed by atoms with van der Waals surface area (Å²) in [6.45, 7) is 0. The van der Waals surface area contributed by atoms with Crippen molar-refractivity contribution in [3.05, 3.63) is 40.4 Å². The van der Waals surface area contributed by atoms with Crippen LogP contribution in [-0.2, 0) is 0 Å². The molecule has 0 saturated heterocycles. The molecule has 0 aliphatic rings. The monoisotopic (exact) mass is 229 g/mol. The first kappa shape index (κ1) is 13.5. The van der Waals surface area contributed by atoms with Gasteiger partial charge in [0, 0.05) is 12.1 Å². The van der Waals surface area contributed by atoms with Crippen LogP contribution in [-0.4, -0.2) is 28.0 Å². The molecule has 0 fully saturated rings. The number of nitrogens with zero attached hydrogens (tertiary/aromatic N) is 1. The summed E-state index contributed by atoms with van der Waals surface area (Å²) in [7, 11) is 0. The molecule has 0 amide bonds. The summed E-state index contributed by atoms with van der Waals surface area (Å²) in [6.07, 6.45) is 0. The molecular weight excluding hydrogens is 222 g/mol. The molecule has 1 rings (SSSR count). The first-order valence-corrected chi connectivity index (χ1v) is 2.50. The molecule has 1 aromatic rings. The Morgan fingerprint density at radius 3 is 2.00 bits per heavy atom. The van der Waals surface area contributed by atoms with E-state index in [1.54, 1.807) is 18.2 Å². The zero-order chi connectivity index (χ0) is 6.69. The van der Waals surface area contributed by atoms with Gasteiger partial charge in [0.2, 0.25) is 0 Å². The Balaban J connectivity index is -0.000000101. The number of halogens is 1. The molecule has 0 heterocycles. The minimum Gasteiger partial charge on any atom is -1.00 e. The number of nitro groups is 1. The van der Waals surface area contributed by atoms with Crippen LogP contribution >= 0.6 is 17.0 Å². The Bertz CT molecular complexity index is 225. The molecule has 0 aliphatic heterocycles. The molecule has 0 saturated carbocycles. The molecule has 0 aromatic heterocycles. The minimum absolute atomic E-state index is 0. The molecule has 5 heteroatoms. The molecule has 0 atom stereocenters. The first-order chi connectivity index (χ1) is 4.30. The van der Waals surface area contributed by atoms with Crippen molar-refractivity contribution >= 4 is 45.7 Å². The molecule has 11 heavy (non-hydrogen) atoms. The maximum Gasteiger partial charge on any atom is 2.00 e. The average Bonchev–Trinajstić information content (AvgIpc) is 1.90. The number of para-hydroxylation sites is 1. The molecule has 0 aliphatic carbocycles. The second kappa shape index (κ2) is 6.57. The Labute approximate surface area is 93.8 Å². The van der Waals surface area contributed by atoms with Crippen LogP contribution in [0.4, 0.5) is 5.69 Å². The van der Waals surface area contributed by atoms with E-state index in [1.165, 1.54) is 12.1 Å². The summed E-state index contributed by atoms with van der Waals surface area (Å²) in [6, 6.07) is 7.93. The van der Waals surface area contributed by atoms with Gasteiger partial charge in [-0.2, -0.15) is 0 Å². The van der Waals surface area contributed by atoms with Gasteiger partial charge >= 0.3 is 23.1 Å². The van der Waals surface area contributed by atoms with Crippen molar-refractivity contribution in [1.29, 1.82) is 0 Å². The summed E-state index contributed by atoms with van der Waals surface area (Å²) >= 11 is 0. The largest absolute Gasteiger partial charge is 2.00 e. The van der Waals surface area contributed by atoms with Gasteiger partial charge in [0.15, 0.2) is 0 Å². The smallest absolute Gasteiger partial charge is 1.00 e. The molecule has 1 aromatic carbocycles. The van der Waals surface area contributed by atoms with Crippen LogP contribution < -0.4 is 0 Å². The molecule has 3 nitrogen and oxygen atoms in total. The number of hydrogen-bond donors (Lipinski definition) is 0. The van der Waals surface area contributed by atoms with E-state index in [9.17, 15) is 10.1 Å². The van der Waals surface area contributed by atoms with Crippen LogP contribution in [0.2, 0.25) is 0 Å². The zero-order valence-corrected chi connectivity index (χ0v) is 8.89. The van der Waals surface area contributed by atoms with Gasteiger partial charge in [-0.1, -0.05) is 18.2 Å². The summed E-state index contributed by atoms with van der Waals surface area (Å²) in [5.74, 6) is 0. The van der Waals surface area contributed by atoms with E-state index in [0.717, 1.165) is 0 Å². The molecule has 0 spiro atoms. The summed E-state index contributed by atoms with van der Waals surface area (Å²) < 4.78 is 0. The van der Waals surface area contributed by atoms with Gasteiger partial charge in [0.05, 0.1) is 4.92 Å². The van der Waals surface area contributed by atoms with E-state index < -0.39 is 4.92 Å². The van der Waals surface area contributed by atoms with Crippen molar-refractivity contribution in [2.45, 2.75) is 0 Å². The summed E-state index contributed by atoms with van der Waals surface area (Å²) in [5, 5.41) is 10.0. The van der Waals surface area contributed by atoms with E-state index >= 15 is 0 Å². The van der Waals surface area contributed by atoms with Gasteiger partial charge in [0.1, 0.15) is 0 Å². The van der Waals surface area contributed by atoms with Crippen molar-refractivity contribution in [2.24, 2.45) is 0 Å². The van der Waals surface area contributed by atoms with Gasteiger partial charge < -0.3 is 2.85 Å². The molecule has 0 radical (unpaired) electrons. The maximum atomic E-state index is 10.0. The van der Waals surface area contributed by atoms with Crippen LogP contribution in [0, 0.1) is 10.1 Å². The van der Waals surface area contributed by atoms with Gasteiger partial charge in [-0.15, -0.1) is 17.0 Å². The first-order valence-electron chi connectivity index (χ1n) is 2.50. The van der Waals surface area contributed by atoms with Crippen LogP contribution in [0.15, 0.2) is 30.3 Å². The van der Waals surface area contributed by atoms with Crippen LogP contribution in [0.5, 0.6) is 0 Å². The van der Waals surface area contributed by atoms with E-state index in [4.69, 9.17) is 0 Å². The molecule has 0 unspecified atom stereocenters. The van der Waals surface area contributed by atoms with Crippen molar-refractivity contribution in [2.75, 3.05) is 0 Å². The van der Waals surface area contributed by atoms with Gasteiger partial charge in [-0.05, 0) is 0 Å². The third-order valence-electron chi connectivity index (χ3n) is 0.967. The Morgan fingerprint density at radius 1 is 1.27 bits per heavy atom. The molecular formula is C6H8BrMgNO2. The third kappa shape index (κ3) is 4.34. The summed E-state index contributed by atoms with van der Waals surface area (Å²) in [5.41, 5.74) is 0.137. The number of nitro benzene ring substituents is 1. The SMILES string of the molecule is Br.O=[N+]([O-])c1ccccc1.[H-].[H-].[Mg+2]. The predicted molar refractivity (Wildman–Crippen MR) is 51.4 cm³/mol. The van der Waals surface area contributed by atoms with Crippen molar-refractivity contribution in [3.8, 4) is 0 Å². The topological polar surface area (TPSA) is 43.1 Å². The van der Waals surface area contributed by atoms with Gasteiger partial charge in [-0.25, -0.2) is 0 Å². The zero-order valence-electron chi connectivity index (χ0n) is 7.77. The fraction of sp³-hybridized carbons (Fsp3) is 0. The molecule has 0 N–H and O–H groups in total. The average molecular weight is 230 g/mol.